The van der Waals surface area contributed by atoms with Crippen molar-refractivity contribution in [2.24, 2.45) is 0 Å². The average molecular weight is 310 g/mol. The Bertz CT molecular complexity index is 553. The van der Waals surface area contributed by atoms with E-state index in [1.165, 1.54) is 10.8 Å². The second kappa shape index (κ2) is 5.09. The first-order valence-corrected chi connectivity index (χ1v) is 9.15. The fourth-order valence-corrected chi connectivity index (χ4v) is 4.25. The summed E-state index contributed by atoms with van der Waals surface area (Å²) in [4.78, 5) is 27.8. The van der Waals surface area contributed by atoms with E-state index < -0.39 is 26.6 Å². The lowest BCUT2D eigenvalue weighted by Gasteiger charge is -2.27. The van der Waals surface area contributed by atoms with Crippen molar-refractivity contribution < 1.29 is 33.5 Å². The van der Waals surface area contributed by atoms with Gasteiger partial charge in [-0.3, -0.25) is 9.13 Å². The summed E-state index contributed by atoms with van der Waals surface area (Å²) in [5, 5.41) is 7.01. The first-order chi connectivity index (χ1) is 8.38. The molecular weight excluding hydrogens is 292 g/mol. The summed E-state index contributed by atoms with van der Waals surface area (Å²) in [5.41, 5.74) is 1.79. The first kappa shape index (κ1) is 16.5. The summed E-state index contributed by atoms with van der Waals surface area (Å²) in [6.45, 7) is 3.70. The second-order valence-corrected chi connectivity index (χ2v) is 9.36. The van der Waals surface area contributed by atoms with Gasteiger partial charge in [0.25, 0.3) is 0 Å². The molecule has 2 atom stereocenters. The molecule has 0 aliphatic heterocycles. The first-order valence-electron chi connectivity index (χ1n) is 5.43. The fourth-order valence-electron chi connectivity index (χ4n) is 1.54. The van der Waals surface area contributed by atoms with Gasteiger partial charge in [0.2, 0.25) is 7.37 Å². The minimum Gasteiger partial charge on any atom is -0.365 e. The molecule has 0 saturated carbocycles. The van der Waals surface area contributed by atoms with Crippen molar-refractivity contribution in [1.82, 2.24) is 0 Å². The van der Waals surface area contributed by atoms with Crippen LogP contribution in [-0.4, -0.2) is 31.5 Å². The van der Waals surface area contributed by atoms with Crippen LogP contribution in [0.5, 0.6) is 0 Å². The molecule has 0 aliphatic carbocycles. The normalized spacial score (nSPS) is 18.7. The van der Waals surface area contributed by atoms with E-state index in [0.29, 0.717) is 0 Å². The van der Waals surface area contributed by atoms with Gasteiger partial charge in [-0.2, -0.15) is 0 Å². The van der Waals surface area contributed by atoms with Crippen LogP contribution in [0.4, 0.5) is 0 Å². The summed E-state index contributed by atoms with van der Waals surface area (Å²) >= 11 is 0. The SMILES string of the molecule is Cc1cc[n+](CC(O)(P(C)(=O)O)P(=O)(O)O)cc1C. The van der Waals surface area contributed by atoms with E-state index in [0.717, 1.165) is 17.8 Å². The van der Waals surface area contributed by atoms with Crippen LogP contribution in [0.25, 0.3) is 0 Å². The third-order valence-corrected chi connectivity index (χ3v) is 7.46. The van der Waals surface area contributed by atoms with Crippen LogP contribution in [0.3, 0.4) is 0 Å². The molecular formula is C10H18NO6P2+. The number of nitrogens with zero attached hydrogens (tertiary/aromatic N) is 1. The van der Waals surface area contributed by atoms with Crippen LogP contribution < -0.4 is 4.57 Å². The maximum atomic E-state index is 11.6. The second-order valence-electron chi connectivity index (χ2n) is 4.68. The van der Waals surface area contributed by atoms with Crippen LogP contribution in [-0.2, 0) is 15.7 Å². The predicted molar refractivity (Wildman–Crippen MR) is 68.9 cm³/mol. The molecule has 2 unspecified atom stereocenters. The highest BCUT2D eigenvalue weighted by Gasteiger charge is 2.60. The van der Waals surface area contributed by atoms with Crippen molar-refractivity contribution in [3.8, 4) is 0 Å². The molecule has 0 saturated heterocycles. The zero-order valence-electron chi connectivity index (χ0n) is 10.9. The summed E-state index contributed by atoms with van der Waals surface area (Å²) in [7, 11) is -9.61. The monoisotopic (exact) mass is 310 g/mol. The number of aryl methyl sites for hydroxylation is 2. The zero-order valence-corrected chi connectivity index (χ0v) is 12.7. The minimum absolute atomic E-state index is 0.664. The summed E-state index contributed by atoms with van der Waals surface area (Å²) in [6.07, 6.45) is 3.03. The van der Waals surface area contributed by atoms with E-state index in [9.17, 15) is 28.9 Å². The topological polar surface area (TPSA) is 119 Å². The average Bonchev–Trinajstić information content (AvgIpc) is 2.20. The Kier molecular flexibility index (Phi) is 4.42. The third-order valence-electron chi connectivity index (χ3n) is 3.02. The van der Waals surface area contributed by atoms with Crippen LogP contribution in [0, 0.1) is 13.8 Å². The van der Waals surface area contributed by atoms with E-state index in [1.807, 2.05) is 6.92 Å². The molecule has 1 heterocycles. The van der Waals surface area contributed by atoms with E-state index in [1.54, 1.807) is 19.2 Å². The third kappa shape index (κ3) is 3.31. The molecule has 0 aliphatic rings. The molecule has 7 nitrogen and oxygen atoms in total. The standard InChI is InChI=1S/C10H17NO6P2/c1-8-4-5-11(6-9(8)2)7-10(12,18(3,13)14)19(15,16)17/h4-6,12H,7H2,1-3H3,(H2-,13,14,15,16,17)/p+1. The van der Waals surface area contributed by atoms with Crippen molar-refractivity contribution >= 4 is 15.0 Å². The summed E-state index contributed by atoms with van der Waals surface area (Å²) < 4.78 is 24.3. The number of aliphatic hydroxyl groups is 1. The van der Waals surface area contributed by atoms with Gasteiger partial charge in [0.1, 0.15) is 0 Å². The molecule has 19 heavy (non-hydrogen) atoms. The van der Waals surface area contributed by atoms with Crippen molar-refractivity contribution in [1.29, 1.82) is 0 Å². The maximum absolute atomic E-state index is 11.6. The Morgan fingerprint density at radius 2 is 1.74 bits per heavy atom. The van der Waals surface area contributed by atoms with E-state index in [2.05, 4.69) is 0 Å². The zero-order chi connectivity index (χ0) is 15.1. The van der Waals surface area contributed by atoms with Gasteiger partial charge in [-0.15, -0.1) is 0 Å². The van der Waals surface area contributed by atoms with E-state index in [4.69, 9.17) is 0 Å². The highest BCUT2D eigenvalue weighted by molar-refractivity contribution is 7.74. The number of aromatic nitrogens is 1. The summed E-state index contributed by atoms with van der Waals surface area (Å²) in [6, 6.07) is 1.69. The molecule has 108 valence electrons. The molecule has 9 heteroatoms. The van der Waals surface area contributed by atoms with Crippen molar-refractivity contribution in [3.63, 3.8) is 0 Å². The van der Waals surface area contributed by atoms with Gasteiger partial charge >= 0.3 is 12.7 Å². The van der Waals surface area contributed by atoms with Gasteiger partial charge < -0.3 is 19.8 Å². The predicted octanol–water partition coefficient (Wildman–Crippen LogP) is 0.315. The molecule has 0 bridgehead atoms. The lowest BCUT2D eigenvalue weighted by atomic mass is 10.2. The van der Waals surface area contributed by atoms with Gasteiger partial charge in [-0.05, 0) is 19.4 Å². The highest BCUT2D eigenvalue weighted by Crippen LogP contribution is 2.67. The smallest absolute Gasteiger partial charge is 0.365 e. The van der Waals surface area contributed by atoms with Gasteiger partial charge in [-0.1, -0.05) is 0 Å². The fraction of sp³-hybridized carbons (Fsp3) is 0.500. The maximum Gasteiger partial charge on any atom is 0.373 e. The quantitative estimate of drug-likeness (QED) is 0.469. The number of hydrogen-bond donors (Lipinski definition) is 4. The lowest BCUT2D eigenvalue weighted by Crippen LogP contribution is -2.47. The van der Waals surface area contributed by atoms with Crippen LogP contribution in [0.2, 0.25) is 0 Å². The number of pyridine rings is 1. The molecule has 1 rings (SSSR count). The van der Waals surface area contributed by atoms with Crippen LogP contribution >= 0.6 is 15.0 Å². The molecule has 0 fully saturated rings. The molecule has 0 aromatic carbocycles. The van der Waals surface area contributed by atoms with Gasteiger partial charge in [0.15, 0.2) is 18.9 Å². The van der Waals surface area contributed by atoms with Gasteiger partial charge in [0.05, 0.1) is 0 Å². The molecule has 4 N–H and O–H groups in total. The van der Waals surface area contributed by atoms with Gasteiger partial charge in [-0.25, -0.2) is 4.57 Å². The Hall–Kier alpha value is -0.550. The Morgan fingerprint density at radius 3 is 2.11 bits per heavy atom. The van der Waals surface area contributed by atoms with E-state index >= 15 is 0 Å². The highest BCUT2D eigenvalue weighted by atomic mass is 31.2. The Balaban J connectivity index is 3.28. The molecule has 0 spiro atoms. The Morgan fingerprint density at radius 1 is 1.21 bits per heavy atom. The summed E-state index contributed by atoms with van der Waals surface area (Å²) in [5.74, 6) is 0. The van der Waals surface area contributed by atoms with Crippen molar-refractivity contribution in [2.75, 3.05) is 6.66 Å². The minimum atomic E-state index is -5.18. The van der Waals surface area contributed by atoms with Crippen molar-refractivity contribution in [3.05, 3.63) is 29.6 Å². The van der Waals surface area contributed by atoms with Crippen molar-refractivity contribution in [2.45, 2.75) is 25.5 Å². The van der Waals surface area contributed by atoms with Gasteiger partial charge in [0, 0.05) is 18.3 Å². The number of rotatable bonds is 4. The van der Waals surface area contributed by atoms with Crippen LogP contribution in [0.1, 0.15) is 11.1 Å². The largest absolute Gasteiger partial charge is 0.373 e. The molecule has 0 amide bonds. The molecule has 0 radical (unpaired) electrons. The molecule has 1 aromatic heterocycles. The lowest BCUT2D eigenvalue weighted by molar-refractivity contribution is -0.703. The Labute approximate surface area is 111 Å². The van der Waals surface area contributed by atoms with E-state index in [-0.39, 0.29) is 0 Å². The number of hydrogen-bond acceptors (Lipinski definition) is 3. The molecule has 1 aromatic rings. The van der Waals surface area contributed by atoms with Crippen LogP contribution in [0.15, 0.2) is 18.5 Å².